The molecule has 4 heteroatoms. The first-order chi connectivity index (χ1) is 8.78. The Hall–Kier alpha value is -0.450. The maximum Gasteiger partial charge on any atom is 0.129 e. The zero-order valence-corrected chi connectivity index (χ0v) is 11.4. The number of piperidine rings is 1. The maximum atomic E-state index is 11.3. The van der Waals surface area contributed by atoms with E-state index >= 15 is 0 Å². The second kappa shape index (κ2) is 6.64. The van der Waals surface area contributed by atoms with Crippen LogP contribution >= 0.6 is 0 Å². The van der Waals surface area contributed by atoms with E-state index in [4.69, 9.17) is 9.47 Å². The van der Waals surface area contributed by atoms with Gasteiger partial charge in [-0.2, -0.15) is 0 Å². The number of hydrogen-bond donors (Lipinski definition) is 0. The number of aldehydes is 1. The molecule has 2 atom stereocenters. The molecule has 0 aromatic heterocycles. The molecule has 0 spiro atoms. The van der Waals surface area contributed by atoms with Gasteiger partial charge in [-0.3, -0.25) is 4.90 Å². The van der Waals surface area contributed by atoms with Gasteiger partial charge in [0.25, 0.3) is 0 Å². The van der Waals surface area contributed by atoms with E-state index in [0.29, 0.717) is 12.7 Å². The minimum Gasteiger partial charge on any atom is -0.380 e. The van der Waals surface area contributed by atoms with Crippen molar-refractivity contribution in [2.75, 3.05) is 39.5 Å². The van der Waals surface area contributed by atoms with E-state index in [2.05, 4.69) is 11.8 Å². The Kier molecular flexibility index (Phi) is 5.15. The number of carbonyl (C=O) groups excluding carboxylic acids is 1. The Morgan fingerprint density at radius 1 is 1.56 bits per heavy atom. The van der Waals surface area contributed by atoms with Crippen LogP contribution in [0, 0.1) is 5.41 Å². The molecule has 0 radical (unpaired) electrons. The van der Waals surface area contributed by atoms with Crippen molar-refractivity contribution in [2.24, 2.45) is 5.41 Å². The van der Waals surface area contributed by atoms with Gasteiger partial charge < -0.3 is 14.3 Å². The zero-order valence-electron chi connectivity index (χ0n) is 11.4. The third kappa shape index (κ3) is 3.53. The van der Waals surface area contributed by atoms with E-state index < -0.39 is 0 Å². The fourth-order valence-electron chi connectivity index (χ4n) is 2.90. The Labute approximate surface area is 110 Å². The number of carbonyl (C=O) groups is 1. The number of likely N-dealkylation sites (tertiary alicyclic amines) is 1. The predicted molar refractivity (Wildman–Crippen MR) is 69.6 cm³/mol. The molecule has 0 amide bonds. The summed E-state index contributed by atoms with van der Waals surface area (Å²) < 4.78 is 11.2. The maximum absolute atomic E-state index is 11.3. The summed E-state index contributed by atoms with van der Waals surface area (Å²) in [5, 5.41) is 0. The first-order valence-electron chi connectivity index (χ1n) is 7.16. The van der Waals surface area contributed by atoms with Crippen LogP contribution < -0.4 is 0 Å². The van der Waals surface area contributed by atoms with E-state index in [1.165, 1.54) is 6.42 Å². The highest BCUT2D eigenvalue weighted by atomic mass is 16.5. The van der Waals surface area contributed by atoms with Crippen molar-refractivity contribution < 1.29 is 14.3 Å². The van der Waals surface area contributed by atoms with Gasteiger partial charge in [0.05, 0.1) is 18.1 Å². The second-order valence-electron chi connectivity index (χ2n) is 5.65. The molecule has 0 bridgehead atoms. The highest BCUT2D eigenvalue weighted by Gasteiger charge is 2.37. The minimum absolute atomic E-state index is 0.257. The van der Waals surface area contributed by atoms with Gasteiger partial charge in [-0.15, -0.1) is 0 Å². The Morgan fingerprint density at radius 3 is 3.11 bits per heavy atom. The van der Waals surface area contributed by atoms with Crippen LogP contribution in [0.5, 0.6) is 0 Å². The summed E-state index contributed by atoms with van der Waals surface area (Å²) in [5.41, 5.74) is -0.257. The molecule has 2 rings (SSSR count). The third-order valence-electron chi connectivity index (χ3n) is 3.94. The van der Waals surface area contributed by atoms with Gasteiger partial charge in [-0.1, -0.05) is 6.92 Å². The highest BCUT2D eigenvalue weighted by Crippen LogP contribution is 2.28. The number of rotatable bonds is 6. The van der Waals surface area contributed by atoms with Gasteiger partial charge >= 0.3 is 0 Å². The summed E-state index contributed by atoms with van der Waals surface area (Å²) >= 11 is 0. The summed E-state index contributed by atoms with van der Waals surface area (Å²) in [6, 6.07) is 0. The Bertz CT molecular complexity index is 264. The van der Waals surface area contributed by atoms with Crippen LogP contribution in [0.4, 0.5) is 0 Å². The molecule has 2 aliphatic rings. The molecule has 2 unspecified atom stereocenters. The van der Waals surface area contributed by atoms with Gasteiger partial charge in [0.15, 0.2) is 0 Å². The van der Waals surface area contributed by atoms with E-state index in [1.807, 2.05) is 0 Å². The fourth-order valence-corrected chi connectivity index (χ4v) is 2.90. The van der Waals surface area contributed by atoms with E-state index in [1.54, 1.807) is 0 Å². The molecule has 2 fully saturated rings. The SMILES string of the molecule is CCCOC1CCCN(CC2(C=O)CCOC2)C1. The summed E-state index contributed by atoms with van der Waals surface area (Å²) in [6.07, 6.45) is 5.72. The van der Waals surface area contributed by atoms with Crippen molar-refractivity contribution in [3.63, 3.8) is 0 Å². The topological polar surface area (TPSA) is 38.8 Å². The number of ether oxygens (including phenoxy) is 2. The molecule has 0 aromatic carbocycles. The molecule has 2 heterocycles. The largest absolute Gasteiger partial charge is 0.380 e. The van der Waals surface area contributed by atoms with Crippen LogP contribution in [-0.4, -0.2) is 56.7 Å². The van der Waals surface area contributed by atoms with Crippen LogP contribution in [0.15, 0.2) is 0 Å². The zero-order chi connectivity index (χ0) is 12.8. The molecule has 0 aliphatic carbocycles. The molecule has 0 N–H and O–H groups in total. The lowest BCUT2D eigenvalue weighted by molar-refractivity contribution is -0.118. The normalized spacial score (nSPS) is 33.7. The lowest BCUT2D eigenvalue weighted by atomic mass is 9.88. The van der Waals surface area contributed by atoms with Gasteiger partial charge in [0.2, 0.25) is 0 Å². The smallest absolute Gasteiger partial charge is 0.129 e. The van der Waals surface area contributed by atoms with Crippen molar-refractivity contribution in [3.05, 3.63) is 0 Å². The van der Waals surface area contributed by atoms with Crippen molar-refractivity contribution in [1.82, 2.24) is 4.90 Å². The molecule has 0 saturated carbocycles. The van der Waals surface area contributed by atoms with Gasteiger partial charge in [-0.05, 0) is 32.2 Å². The van der Waals surface area contributed by atoms with Crippen LogP contribution in [0.3, 0.4) is 0 Å². The average molecular weight is 255 g/mol. The quantitative estimate of drug-likeness (QED) is 0.674. The third-order valence-corrected chi connectivity index (χ3v) is 3.94. The molecule has 0 aromatic rings. The number of hydrogen-bond acceptors (Lipinski definition) is 4. The predicted octanol–water partition coefficient (Wildman–Crippen LogP) is 1.48. The second-order valence-corrected chi connectivity index (χ2v) is 5.65. The lowest BCUT2D eigenvalue weighted by Gasteiger charge is -2.36. The highest BCUT2D eigenvalue weighted by molar-refractivity contribution is 5.60. The Balaban J connectivity index is 1.83. The minimum atomic E-state index is -0.257. The van der Waals surface area contributed by atoms with Gasteiger partial charge in [0.1, 0.15) is 6.29 Å². The average Bonchev–Trinajstić information content (AvgIpc) is 2.86. The molecular weight excluding hydrogens is 230 g/mol. The van der Waals surface area contributed by atoms with Gasteiger partial charge in [0, 0.05) is 26.3 Å². The first kappa shape index (κ1) is 14.0. The Morgan fingerprint density at radius 2 is 2.44 bits per heavy atom. The van der Waals surface area contributed by atoms with Crippen molar-refractivity contribution in [3.8, 4) is 0 Å². The molecule has 2 saturated heterocycles. The summed E-state index contributed by atoms with van der Waals surface area (Å²) in [7, 11) is 0. The standard InChI is InChI=1S/C14H25NO3/c1-2-7-18-13-4-3-6-15(9-13)10-14(11-16)5-8-17-12-14/h11,13H,2-10,12H2,1H3. The summed E-state index contributed by atoms with van der Waals surface area (Å²) in [5.74, 6) is 0. The van der Waals surface area contributed by atoms with Crippen LogP contribution in [-0.2, 0) is 14.3 Å². The molecule has 18 heavy (non-hydrogen) atoms. The molecule has 4 nitrogen and oxygen atoms in total. The first-order valence-corrected chi connectivity index (χ1v) is 7.16. The summed E-state index contributed by atoms with van der Waals surface area (Å²) in [4.78, 5) is 13.7. The monoisotopic (exact) mass is 255 g/mol. The van der Waals surface area contributed by atoms with Gasteiger partial charge in [-0.25, -0.2) is 0 Å². The molecule has 2 aliphatic heterocycles. The van der Waals surface area contributed by atoms with E-state index in [9.17, 15) is 4.79 Å². The van der Waals surface area contributed by atoms with Crippen molar-refractivity contribution in [2.45, 2.75) is 38.7 Å². The van der Waals surface area contributed by atoms with Crippen LogP contribution in [0.2, 0.25) is 0 Å². The van der Waals surface area contributed by atoms with Crippen LogP contribution in [0.1, 0.15) is 32.6 Å². The number of nitrogens with zero attached hydrogens (tertiary/aromatic N) is 1. The summed E-state index contributed by atoms with van der Waals surface area (Å²) in [6.45, 7) is 7.19. The fraction of sp³-hybridized carbons (Fsp3) is 0.929. The van der Waals surface area contributed by atoms with Crippen LogP contribution in [0.25, 0.3) is 0 Å². The lowest BCUT2D eigenvalue weighted by Crippen LogP contribution is -2.46. The van der Waals surface area contributed by atoms with Crippen molar-refractivity contribution >= 4 is 6.29 Å². The van der Waals surface area contributed by atoms with E-state index in [-0.39, 0.29) is 5.41 Å². The molecular formula is C14H25NO3. The molecule has 104 valence electrons. The van der Waals surface area contributed by atoms with Crippen molar-refractivity contribution in [1.29, 1.82) is 0 Å². The van der Waals surface area contributed by atoms with E-state index in [0.717, 1.165) is 58.4 Å².